The minimum atomic E-state index is -0.271. The monoisotopic (exact) mass is 346 g/mol. The van der Waals surface area contributed by atoms with Gasteiger partial charge in [-0.2, -0.15) is 0 Å². The zero-order chi connectivity index (χ0) is 16.8. The molecule has 2 N–H and O–H groups in total. The number of aromatic amines is 1. The molecule has 3 aromatic rings. The van der Waals surface area contributed by atoms with Gasteiger partial charge in [-0.25, -0.2) is 4.39 Å². The van der Waals surface area contributed by atoms with Gasteiger partial charge in [0.2, 0.25) is 5.91 Å². The van der Waals surface area contributed by atoms with Gasteiger partial charge in [-0.1, -0.05) is 23.9 Å². The molecule has 0 unspecified atom stereocenters. The van der Waals surface area contributed by atoms with E-state index in [0.29, 0.717) is 29.7 Å². The fourth-order valence-corrected chi connectivity index (χ4v) is 2.70. The average Bonchev–Trinajstić information content (AvgIpc) is 3.24. The van der Waals surface area contributed by atoms with Gasteiger partial charge in [-0.3, -0.25) is 4.79 Å². The highest BCUT2D eigenvalue weighted by molar-refractivity contribution is 7.99. The fourth-order valence-electron chi connectivity index (χ4n) is 2.06. The summed E-state index contributed by atoms with van der Waals surface area (Å²) in [6.07, 6.45) is 2.13. The van der Waals surface area contributed by atoms with E-state index in [9.17, 15) is 9.18 Å². The van der Waals surface area contributed by atoms with E-state index < -0.39 is 0 Å². The lowest BCUT2D eigenvalue weighted by Gasteiger charge is -2.04. The van der Waals surface area contributed by atoms with Gasteiger partial charge in [-0.15, -0.1) is 10.2 Å². The van der Waals surface area contributed by atoms with Crippen LogP contribution in [0.1, 0.15) is 5.56 Å². The van der Waals surface area contributed by atoms with Crippen LogP contribution in [0, 0.1) is 5.82 Å². The van der Waals surface area contributed by atoms with Crippen molar-refractivity contribution in [2.24, 2.45) is 0 Å². The number of halogens is 1. The Bertz CT molecular complexity index is 804. The summed E-state index contributed by atoms with van der Waals surface area (Å²) < 4.78 is 18.3. The van der Waals surface area contributed by atoms with Crippen LogP contribution in [0.3, 0.4) is 0 Å². The highest BCUT2D eigenvalue weighted by Crippen LogP contribution is 2.19. The van der Waals surface area contributed by atoms with Crippen LogP contribution in [0.4, 0.5) is 4.39 Å². The number of hydrogen-bond acceptors (Lipinski definition) is 5. The normalized spacial score (nSPS) is 10.7. The first-order valence-corrected chi connectivity index (χ1v) is 8.30. The second kappa shape index (κ2) is 7.78. The lowest BCUT2D eigenvalue weighted by atomic mass is 10.1. The summed E-state index contributed by atoms with van der Waals surface area (Å²) in [6, 6.07) is 9.88. The van der Waals surface area contributed by atoms with Crippen LogP contribution in [0.5, 0.6) is 0 Å². The lowest BCUT2D eigenvalue weighted by molar-refractivity contribution is -0.118. The third-order valence-electron chi connectivity index (χ3n) is 3.19. The first kappa shape index (κ1) is 16.3. The summed E-state index contributed by atoms with van der Waals surface area (Å²) in [7, 11) is 0. The van der Waals surface area contributed by atoms with Gasteiger partial charge in [0.05, 0.1) is 12.0 Å². The van der Waals surface area contributed by atoms with E-state index >= 15 is 0 Å². The van der Waals surface area contributed by atoms with E-state index in [2.05, 4.69) is 20.5 Å². The minimum Gasteiger partial charge on any atom is -0.461 e. The van der Waals surface area contributed by atoms with E-state index in [-0.39, 0.29) is 17.5 Å². The number of nitrogens with zero attached hydrogens (tertiary/aromatic N) is 2. The van der Waals surface area contributed by atoms with Crippen LogP contribution in [0.25, 0.3) is 11.6 Å². The van der Waals surface area contributed by atoms with Crippen LogP contribution in [-0.2, 0) is 11.2 Å². The number of benzene rings is 1. The second-order valence-corrected chi connectivity index (χ2v) is 5.94. The summed E-state index contributed by atoms with van der Waals surface area (Å²) in [5, 5.41) is 11.3. The van der Waals surface area contributed by atoms with Crippen molar-refractivity contribution in [2.45, 2.75) is 11.6 Å². The molecular formula is C16H15FN4O2S. The van der Waals surface area contributed by atoms with Gasteiger partial charge < -0.3 is 14.7 Å². The van der Waals surface area contributed by atoms with Gasteiger partial charge in [-0.05, 0) is 36.2 Å². The second-order valence-electron chi connectivity index (χ2n) is 4.97. The molecular weight excluding hydrogens is 331 g/mol. The third kappa shape index (κ3) is 4.45. The van der Waals surface area contributed by atoms with E-state index in [1.165, 1.54) is 23.9 Å². The average molecular weight is 346 g/mol. The SMILES string of the molecule is O=C(CSc1nnc(-c2ccco2)[nH]1)NCCc1cccc(F)c1. The summed E-state index contributed by atoms with van der Waals surface area (Å²) in [4.78, 5) is 14.8. The molecule has 0 atom stereocenters. The third-order valence-corrected chi connectivity index (χ3v) is 4.05. The largest absolute Gasteiger partial charge is 0.461 e. The number of carbonyl (C=O) groups excluding carboxylic acids is 1. The number of furan rings is 1. The molecule has 8 heteroatoms. The highest BCUT2D eigenvalue weighted by Gasteiger charge is 2.10. The van der Waals surface area contributed by atoms with Crippen LogP contribution < -0.4 is 5.32 Å². The minimum absolute atomic E-state index is 0.118. The van der Waals surface area contributed by atoms with E-state index in [1.54, 1.807) is 24.5 Å². The number of carbonyl (C=O) groups is 1. The summed E-state index contributed by atoms with van der Waals surface area (Å²) in [6.45, 7) is 0.455. The summed E-state index contributed by atoms with van der Waals surface area (Å²) in [5.74, 6) is 0.943. The zero-order valence-electron chi connectivity index (χ0n) is 12.7. The maximum absolute atomic E-state index is 13.1. The Hall–Kier alpha value is -2.61. The van der Waals surface area contributed by atoms with Crippen LogP contribution >= 0.6 is 11.8 Å². The van der Waals surface area contributed by atoms with Crippen molar-refractivity contribution in [2.75, 3.05) is 12.3 Å². The molecule has 0 aliphatic carbocycles. The van der Waals surface area contributed by atoms with Crippen molar-refractivity contribution < 1.29 is 13.6 Å². The van der Waals surface area contributed by atoms with E-state index in [4.69, 9.17) is 4.42 Å². The van der Waals surface area contributed by atoms with Gasteiger partial charge in [0, 0.05) is 6.54 Å². The zero-order valence-corrected chi connectivity index (χ0v) is 13.5. The van der Waals surface area contributed by atoms with Crippen molar-refractivity contribution in [1.29, 1.82) is 0 Å². The van der Waals surface area contributed by atoms with Crippen molar-refractivity contribution in [3.8, 4) is 11.6 Å². The predicted molar refractivity (Wildman–Crippen MR) is 87.9 cm³/mol. The standard InChI is InChI=1S/C16H15FN4O2S/c17-12-4-1-3-11(9-12)6-7-18-14(22)10-24-16-19-15(20-21-16)13-5-2-8-23-13/h1-5,8-9H,6-7,10H2,(H,18,22)(H,19,20,21). The molecule has 0 bridgehead atoms. The number of H-pyrrole nitrogens is 1. The molecule has 2 aromatic heterocycles. The number of aromatic nitrogens is 3. The Morgan fingerprint density at radius 2 is 2.21 bits per heavy atom. The Kier molecular flexibility index (Phi) is 5.27. The topological polar surface area (TPSA) is 83.8 Å². The molecule has 0 spiro atoms. The molecule has 0 fully saturated rings. The molecule has 0 saturated heterocycles. The van der Waals surface area contributed by atoms with Gasteiger partial charge in [0.25, 0.3) is 0 Å². The Morgan fingerprint density at radius 3 is 3.00 bits per heavy atom. The Morgan fingerprint density at radius 1 is 1.29 bits per heavy atom. The van der Waals surface area contributed by atoms with Crippen molar-refractivity contribution in [3.63, 3.8) is 0 Å². The first-order valence-electron chi connectivity index (χ1n) is 7.31. The van der Waals surface area contributed by atoms with Gasteiger partial charge in [0.15, 0.2) is 16.7 Å². The number of nitrogens with one attached hydrogen (secondary N) is 2. The molecule has 2 heterocycles. The molecule has 6 nitrogen and oxygen atoms in total. The molecule has 24 heavy (non-hydrogen) atoms. The number of thioether (sulfide) groups is 1. The smallest absolute Gasteiger partial charge is 0.230 e. The van der Waals surface area contributed by atoms with Crippen LogP contribution in [-0.4, -0.2) is 33.4 Å². The molecule has 1 amide bonds. The summed E-state index contributed by atoms with van der Waals surface area (Å²) >= 11 is 1.25. The quantitative estimate of drug-likeness (QED) is 0.643. The van der Waals surface area contributed by atoms with Crippen LogP contribution in [0.15, 0.2) is 52.2 Å². The van der Waals surface area contributed by atoms with Crippen LogP contribution in [0.2, 0.25) is 0 Å². The highest BCUT2D eigenvalue weighted by atomic mass is 32.2. The maximum atomic E-state index is 13.1. The maximum Gasteiger partial charge on any atom is 0.230 e. The molecule has 1 aromatic carbocycles. The molecule has 0 saturated carbocycles. The van der Waals surface area contributed by atoms with Crippen molar-refractivity contribution in [1.82, 2.24) is 20.5 Å². The van der Waals surface area contributed by atoms with E-state index in [1.807, 2.05) is 6.07 Å². The molecule has 0 radical (unpaired) electrons. The predicted octanol–water partition coefficient (Wildman–Crippen LogP) is 2.65. The first-order chi connectivity index (χ1) is 11.7. The van der Waals surface area contributed by atoms with Gasteiger partial charge >= 0.3 is 0 Å². The number of rotatable bonds is 7. The molecule has 3 rings (SSSR count). The van der Waals surface area contributed by atoms with E-state index in [0.717, 1.165) is 5.56 Å². The number of amides is 1. The molecule has 0 aliphatic heterocycles. The molecule has 124 valence electrons. The molecule has 0 aliphatic rings. The number of hydrogen-bond donors (Lipinski definition) is 2. The Labute approximate surface area is 141 Å². The lowest BCUT2D eigenvalue weighted by Crippen LogP contribution is -2.27. The van der Waals surface area contributed by atoms with Crippen molar-refractivity contribution in [3.05, 3.63) is 54.0 Å². The summed E-state index contributed by atoms with van der Waals surface area (Å²) in [5.41, 5.74) is 0.848. The Balaban J connectivity index is 1.41. The van der Waals surface area contributed by atoms with Gasteiger partial charge in [0.1, 0.15) is 5.82 Å². The van der Waals surface area contributed by atoms with Crippen molar-refractivity contribution >= 4 is 17.7 Å². The fraction of sp³-hybridized carbons (Fsp3) is 0.188.